The third-order valence-electron chi connectivity index (χ3n) is 1.04. The van der Waals surface area contributed by atoms with Gasteiger partial charge in [-0.15, -0.1) is 0 Å². The van der Waals surface area contributed by atoms with E-state index in [1.165, 1.54) is 0 Å². The van der Waals surface area contributed by atoms with E-state index in [9.17, 15) is 4.79 Å². The number of hydrogen-bond acceptors (Lipinski definition) is 3. The van der Waals surface area contributed by atoms with E-state index in [0.717, 1.165) is 0 Å². The molecule has 12 heavy (non-hydrogen) atoms. The lowest BCUT2D eigenvalue weighted by Gasteiger charge is -2.23. The SMILES string of the molecule is CC(C)(C)ONC(=O)C(C)(C)N. The Morgan fingerprint density at radius 2 is 1.67 bits per heavy atom. The highest BCUT2D eigenvalue weighted by molar-refractivity contribution is 5.84. The first kappa shape index (κ1) is 11.4. The molecule has 1 amide bonds. The summed E-state index contributed by atoms with van der Waals surface area (Å²) >= 11 is 0. The van der Waals surface area contributed by atoms with Crippen molar-refractivity contribution in [1.82, 2.24) is 5.48 Å². The van der Waals surface area contributed by atoms with E-state index in [4.69, 9.17) is 10.6 Å². The van der Waals surface area contributed by atoms with Crippen molar-refractivity contribution in [3.05, 3.63) is 0 Å². The van der Waals surface area contributed by atoms with Crippen LogP contribution in [-0.4, -0.2) is 17.0 Å². The third-order valence-corrected chi connectivity index (χ3v) is 1.04. The number of nitrogens with two attached hydrogens (primary N) is 1. The number of amides is 1. The Morgan fingerprint density at radius 3 is 1.92 bits per heavy atom. The van der Waals surface area contributed by atoms with Gasteiger partial charge in [0, 0.05) is 0 Å². The van der Waals surface area contributed by atoms with Crippen LogP contribution in [0.15, 0.2) is 0 Å². The minimum atomic E-state index is -0.898. The summed E-state index contributed by atoms with van der Waals surface area (Å²) in [5, 5.41) is 0. The lowest BCUT2D eigenvalue weighted by molar-refractivity contribution is -0.149. The summed E-state index contributed by atoms with van der Waals surface area (Å²) in [5.41, 5.74) is 6.53. The highest BCUT2D eigenvalue weighted by Crippen LogP contribution is 2.05. The van der Waals surface area contributed by atoms with Gasteiger partial charge in [-0.1, -0.05) is 0 Å². The van der Waals surface area contributed by atoms with Crippen LogP contribution in [0.25, 0.3) is 0 Å². The minimum Gasteiger partial charge on any atom is -0.318 e. The average molecular weight is 174 g/mol. The molecule has 0 saturated carbocycles. The second kappa shape index (κ2) is 3.41. The molecule has 0 radical (unpaired) electrons. The Hall–Kier alpha value is -0.610. The van der Waals surface area contributed by atoms with Crippen molar-refractivity contribution in [2.75, 3.05) is 0 Å². The number of rotatable bonds is 2. The molecule has 0 aliphatic heterocycles. The fourth-order valence-corrected chi connectivity index (χ4v) is 0.331. The fourth-order valence-electron chi connectivity index (χ4n) is 0.331. The summed E-state index contributed by atoms with van der Waals surface area (Å²) in [6.07, 6.45) is 0. The van der Waals surface area contributed by atoms with Crippen molar-refractivity contribution in [3.8, 4) is 0 Å². The van der Waals surface area contributed by atoms with Crippen molar-refractivity contribution in [3.63, 3.8) is 0 Å². The summed E-state index contributed by atoms with van der Waals surface area (Å²) in [6.45, 7) is 8.77. The van der Waals surface area contributed by atoms with Gasteiger partial charge in [-0.05, 0) is 34.6 Å². The molecular weight excluding hydrogens is 156 g/mol. The van der Waals surface area contributed by atoms with Gasteiger partial charge in [0.1, 0.15) is 0 Å². The zero-order chi connectivity index (χ0) is 9.99. The summed E-state index contributed by atoms with van der Waals surface area (Å²) in [6, 6.07) is 0. The first-order valence-electron chi connectivity index (χ1n) is 3.90. The van der Waals surface area contributed by atoms with Crippen molar-refractivity contribution in [2.45, 2.75) is 45.8 Å². The zero-order valence-corrected chi connectivity index (χ0v) is 8.39. The number of carbonyl (C=O) groups excluding carboxylic acids is 1. The van der Waals surface area contributed by atoms with Gasteiger partial charge in [-0.2, -0.15) is 0 Å². The number of nitrogens with one attached hydrogen (secondary N) is 1. The predicted octanol–water partition coefficient (Wildman–Crippen LogP) is 0.570. The summed E-state index contributed by atoms with van der Waals surface area (Å²) < 4.78 is 0. The smallest absolute Gasteiger partial charge is 0.263 e. The van der Waals surface area contributed by atoms with Gasteiger partial charge in [0.05, 0.1) is 11.1 Å². The van der Waals surface area contributed by atoms with Crippen molar-refractivity contribution >= 4 is 5.91 Å². The van der Waals surface area contributed by atoms with Crippen LogP contribution in [-0.2, 0) is 9.63 Å². The van der Waals surface area contributed by atoms with Gasteiger partial charge in [-0.25, -0.2) is 5.48 Å². The van der Waals surface area contributed by atoms with Gasteiger partial charge in [-0.3, -0.25) is 9.63 Å². The molecule has 0 aromatic heterocycles. The summed E-state index contributed by atoms with van der Waals surface area (Å²) in [7, 11) is 0. The normalized spacial score (nSPS) is 12.8. The minimum absolute atomic E-state index is 0.322. The fraction of sp³-hybridized carbons (Fsp3) is 0.875. The third kappa shape index (κ3) is 5.09. The lowest BCUT2D eigenvalue weighted by Crippen LogP contribution is -2.50. The van der Waals surface area contributed by atoms with E-state index >= 15 is 0 Å². The van der Waals surface area contributed by atoms with Crippen LogP contribution >= 0.6 is 0 Å². The summed E-state index contributed by atoms with van der Waals surface area (Å²) in [5.74, 6) is -0.322. The van der Waals surface area contributed by atoms with Crippen LogP contribution in [0.4, 0.5) is 0 Å². The number of hydrogen-bond donors (Lipinski definition) is 2. The molecule has 0 saturated heterocycles. The highest BCUT2D eigenvalue weighted by Gasteiger charge is 2.23. The van der Waals surface area contributed by atoms with Crippen LogP contribution in [0.3, 0.4) is 0 Å². The van der Waals surface area contributed by atoms with Crippen molar-refractivity contribution in [2.24, 2.45) is 5.73 Å². The second-order valence-corrected chi connectivity index (χ2v) is 4.37. The van der Waals surface area contributed by atoms with E-state index < -0.39 is 5.54 Å². The Kier molecular flexibility index (Phi) is 3.24. The Morgan fingerprint density at radius 1 is 1.25 bits per heavy atom. The van der Waals surface area contributed by atoms with Crippen LogP contribution < -0.4 is 11.2 Å². The molecule has 4 heteroatoms. The molecule has 72 valence electrons. The molecule has 0 heterocycles. The van der Waals surface area contributed by atoms with Gasteiger partial charge in [0.25, 0.3) is 5.91 Å². The molecule has 0 aromatic carbocycles. The van der Waals surface area contributed by atoms with E-state index in [1.54, 1.807) is 13.8 Å². The molecule has 0 fully saturated rings. The molecule has 0 aromatic rings. The largest absolute Gasteiger partial charge is 0.318 e. The van der Waals surface area contributed by atoms with E-state index in [0.29, 0.717) is 0 Å². The maximum Gasteiger partial charge on any atom is 0.263 e. The van der Waals surface area contributed by atoms with Crippen molar-refractivity contribution < 1.29 is 9.63 Å². The highest BCUT2D eigenvalue weighted by atomic mass is 16.7. The first-order valence-corrected chi connectivity index (χ1v) is 3.90. The topological polar surface area (TPSA) is 64.3 Å². The van der Waals surface area contributed by atoms with Gasteiger partial charge < -0.3 is 5.73 Å². The molecular formula is C8H18N2O2. The van der Waals surface area contributed by atoms with Crippen LogP contribution in [0.5, 0.6) is 0 Å². The second-order valence-electron chi connectivity index (χ2n) is 4.37. The van der Waals surface area contributed by atoms with Gasteiger partial charge in [0.2, 0.25) is 0 Å². The Bertz CT molecular complexity index is 165. The molecule has 0 aliphatic carbocycles. The Balaban J connectivity index is 3.90. The lowest BCUT2D eigenvalue weighted by atomic mass is 10.1. The average Bonchev–Trinajstić information content (AvgIpc) is 1.78. The van der Waals surface area contributed by atoms with Crippen LogP contribution in [0.1, 0.15) is 34.6 Å². The summed E-state index contributed by atoms with van der Waals surface area (Å²) in [4.78, 5) is 16.2. The standard InChI is InChI=1S/C8H18N2O2/c1-7(2,3)12-10-6(11)8(4,5)9/h9H2,1-5H3,(H,10,11). The first-order chi connectivity index (χ1) is 5.13. The molecule has 0 unspecified atom stereocenters. The van der Waals surface area contributed by atoms with Gasteiger partial charge >= 0.3 is 0 Å². The quantitative estimate of drug-likeness (QED) is 0.601. The van der Waals surface area contributed by atoms with Gasteiger partial charge in [0.15, 0.2) is 0 Å². The molecule has 0 rings (SSSR count). The van der Waals surface area contributed by atoms with E-state index in [2.05, 4.69) is 5.48 Å². The molecule has 0 bridgehead atoms. The molecule has 3 N–H and O–H groups in total. The monoisotopic (exact) mass is 174 g/mol. The molecule has 0 spiro atoms. The Labute approximate surface area is 73.4 Å². The zero-order valence-electron chi connectivity index (χ0n) is 8.39. The molecule has 0 aliphatic rings. The van der Waals surface area contributed by atoms with Crippen molar-refractivity contribution in [1.29, 1.82) is 0 Å². The molecule has 4 nitrogen and oxygen atoms in total. The van der Waals surface area contributed by atoms with Crippen LogP contribution in [0, 0.1) is 0 Å². The van der Waals surface area contributed by atoms with E-state index in [-0.39, 0.29) is 11.5 Å². The number of hydroxylamine groups is 1. The van der Waals surface area contributed by atoms with E-state index in [1.807, 2.05) is 20.8 Å². The number of carbonyl (C=O) groups is 1. The maximum atomic E-state index is 11.2. The molecule has 0 atom stereocenters. The predicted molar refractivity (Wildman–Crippen MR) is 47.2 cm³/mol. The maximum absolute atomic E-state index is 11.2. The van der Waals surface area contributed by atoms with Crippen LogP contribution in [0.2, 0.25) is 0 Å².